The van der Waals surface area contributed by atoms with Gasteiger partial charge in [-0.2, -0.15) is 11.8 Å². The third-order valence-corrected chi connectivity index (χ3v) is 5.91. The van der Waals surface area contributed by atoms with E-state index in [2.05, 4.69) is 24.1 Å². The highest BCUT2D eigenvalue weighted by atomic mass is 35.5. The molecule has 2 saturated heterocycles. The highest BCUT2D eigenvalue weighted by Crippen LogP contribution is 2.18. The normalized spacial score (nSPS) is 20.6. The van der Waals surface area contributed by atoms with E-state index in [1.807, 2.05) is 9.80 Å². The maximum Gasteiger partial charge on any atom is 0.236 e. The second-order valence-electron chi connectivity index (χ2n) is 6.48. The third-order valence-electron chi connectivity index (χ3n) is 4.99. The average molecular weight is 429 g/mol. The molecule has 0 aromatic carbocycles. The van der Waals surface area contributed by atoms with Gasteiger partial charge in [0.2, 0.25) is 11.8 Å². The first-order chi connectivity index (χ1) is 11.7. The second-order valence-corrected chi connectivity index (χ2v) is 7.58. The van der Waals surface area contributed by atoms with Gasteiger partial charge in [0.15, 0.2) is 0 Å². The highest BCUT2D eigenvalue weighted by molar-refractivity contribution is 7.99. The minimum absolute atomic E-state index is 0. The summed E-state index contributed by atoms with van der Waals surface area (Å²) >= 11 is 1.73. The van der Waals surface area contributed by atoms with Crippen molar-refractivity contribution < 1.29 is 9.59 Å². The van der Waals surface area contributed by atoms with Crippen molar-refractivity contribution in [2.24, 2.45) is 0 Å². The Hall–Kier alpha value is -0.210. The maximum absolute atomic E-state index is 12.5. The number of nitrogens with one attached hydrogen (secondary N) is 1. The van der Waals surface area contributed by atoms with Gasteiger partial charge < -0.3 is 20.0 Å². The minimum atomic E-state index is 0. The number of hydrogen-bond acceptors (Lipinski definition) is 5. The highest BCUT2D eigenvalue weighted by Gasteiger charge is 2.31. The Kier molecular flexibility index (Phi) is 13.8. The van der Waals surface area contributed by atoms with E-state index in [-0.39, 0.29) is 42.7 Å². The monoisotopic (exact) mass is 428 g/mol. The number of carbonyl (C=O) groups excluding carboxylic acids is 2. The van der Waals surface area contributed by atoms with Gasteiger partial charge in [-0.3, -0.25) is 9.59 Å². The third kappa shape index (κ3) is 7.80. The van der Waals surface area contributed by atoms with E-state index in [0.717, 1.165) is 57.9 Å². The van der Waals surface area contributed by atoms with Crippen LogP contribution in [0.25, 0.3) is 0 Å². The van der Waals surface area contributed by atoms with Gasteiger partial charge in [0.1, 0.15) is 0 Å². The summed E-state index contributed by atoms with van der Waals surface area (Å²) in [7, 11) is 0. The molecule has 154 valence electrons. The predicted octanol–water partition coefficient (Wildman–Crippen LogP) is 1.33. The molecule has 0 bridgehead atoms. The standard InChI is InChI=1S/C17H32N4O2S.2ClH/c1-3-19(4-2)10-11-24-14-17(23)20-8-5-6-15(13-20)21-9-7-18-12-16(21)22;;/h15,18H,3-14H2,1-2H3;2*1H. The quantitative estimate of drug-likeness (QED) is 0.590. The molecule has 1 atom stereocenters. The van der Waals surface area contributed by atoms with Crippen LogP contribution in [-0.4, -0.2) is 96.4 Å². The fourth-order valence-electron chi connectivity index (χ4n) is 3.43. The summed E-state index contributed by atoms with van der Waals surface area (Å²) in [5, 5.41) is 3.11. The van der Waals surface area contributed by atoms with Gasteiger partial charge in [-0.1, -0.05) is 13.8 Å². The molecule has 2 fully saturated rings. The van der Waals surface area contributed by atoms with Crippen molar-refractivity contribution in [1.29, 1.82) is 0 Å². The fourth-order valence-corrected chi connectivity index (χ4v) is 4.32. The first kappa shape index (κ1) is 25.8. The van der Waals surface area contributed by atoms with Gasteiger partial charge in [-0.15, -0.1) is 24.8 Å². The summed E-state index contributed by atoms with van der Waals surface area (Å²) in [5.41, 5.74) is 0. The van der Waals surface area contributed by atoms with Crippen LogP contribution in [-0.2, 0) is 9.59 Å². The van der Waals surface area contributed by atoms with Crippen molar-refractivity contribution in [3.8, 4) is 0 Å². The molecular weight excluding hydrogens is 395 g/mol. The summed E-state index contributed by atoms with van der Waals surface area (Å²) in [5.74, 6) is 1.96. The summed E-state index contributed by atoms with van der Waals surface area (Å²) in [6.45, 7) is 11.1. The topological polar surface area (TPSA) is 55.9 Å². The van der Waals surface area contributed by atoms with Gasteiger partial charge in [0.05, 0.1) is 12.3 Å². The van der Waals surface area contributed by atoms with Crippen molar-refractivity contribution in [2.45, 2.75) is 32.7 Å². The number of carbonyl (C=O) groups is 2. The smallest absolute Gasteiger partial charge is 0.236 e. The van der Waals surface area contributed by atoms with E-state index in [4.69, 9.17) is 0 Å². The van der Waals surface area contributed by atoms with Crippen LogP contribution < -0.4 is 5.32 Å². The van der Waals surface area contributed by atoms with E-state index in [0.29, 0.717) is 18.8 Å². The maximum atomic E-state index is 12.5. The van der Waals surface area contributed by atoms with E-state index in [1.54, 1.807) is 11.8 Å². The number of amides is 2. The zero-order valence-electron chi connectivity index (χ0n) is 15.9. The predicted molar refractivity (Wildman–Crippen MR) is 114 cm³/mol. The summed E-state index contributed by atoms with van der Waals surface area (Å²) in [4.78, 5) is 30.8. The number of piperidine rings is 1. The number of thioether (sulfide) groups is 1. The number of halogens is 2. The summed E-state index contributed by atoms with van der Waals surface area (Å²) in [6.07, 6.45) is 2.02. The number of likely N-dealkylation sites (tertiary alicyclic amines) is 1. The Morgan fingerprint density at radius 3 is 2.65 bits per heavy atom. The lowest BCUT2D eigenvalue weighted by Gasteiger charge is -2.41. The molecule has 0 radical (unpaired) electrons. The number of hydrogen-bond donors (Lipinski definition) is 1. The molecule has 2 heterocycles. The molecule has 2 rings (SSSR count). The van der Waals surface area contributed by atoms with Crippen LogP contribution in [0, 0.1) is 0 Å². The van der Waals surface area contributed by atoms with E-state index in [1.165, 1.54) is 0 Å². The van der Waals surface area contributed by atoms with Crippen molar-refractivity contribution in [3.05, 3.63) is 0 Å². The second kappa shape index (κ2) is 13.9. The van der Waals surface area contributed by atoms with Crippen LogP contribution >= 0.6 is 36.6 Å². The Balaban J connectivity index is 0.00000312. The van der Waals surface area contributed by atoms with Crippen LogP contribution in [0.2, 0.25) is 0 Å². The Morgan fingerprint density at radius 2 is 2.00 bits per heavy atom. The molecule has 9 heteroatoms. The number of piperazine rings is 1. The zero-order chi connectivity index (χ0) is 17.4. The van der Waals surface area contributed by atoms with E-state index >= 15 is 0 Å². The molecule has 0 aliphatic carbocycles. The molecule has 2 aliphatic rings. The molecule has 0 saturated carbocycles. The van der Waals surface area contributed by atoms with Crippen LogP contribution in [0.15, 0.2) is 0 Å². The van der Waals surface area contributed by atoms with Gasteiger partial charge in [-0.25, -0.2) is 0 Å². The van der Waals surface area contributed by atoms with Crippen molar-refractivity contribution in [2.75, 3.05) is 63.9 Å². The first-order valence-electron chi connectivity index (χ1n) is 9.23. The fraction of sp³-hybridized carbons (Fsp3) is 0.882. The van der Waals surface area contributed by atoms with Gasteiger partial charge in [0.25, 0.3) is 0 Å². The van der Waals surface area contributed by atoms with Crippen molar-refractivity contribution in [1.82, 2.24) is 20.0 Å². The molecule has 0 spiro atoms. The molecule has 0 aromatic rings. The van der Waals surface area contributed by atoms with Crippen LogP contribution in [0.4, 0.5) is 0 Å². The van der Waals surface area contributed by atoms with E-state index < -0.39 is 0 Å². The Labute approximate surface area is 174 Å². The largest absolute Gasteiger partial charge is 0.340 e. The lowest BCUT2D eigenvalue weighted by atomic mass is 10.0. The molecule has 0 aromatic heterocycles. The van der Waals surface area contributed by atoms with Crippen molar-refractivity contribution in [3.63, 3.8) is 0 Å². The lowest BCUT2D eigenvalue weighted by molar-refractivity contribution is -0.139. The van der Waals surface area contributed by atoms with Gasteiger partial charge in [-0.05, 0) is 25.9 Å². The zero-order valence-corrected chi connectivity index (χ0v) is 18.4. The van der Waals surface area contributed by atoms with Crippen LogP contribution in [0.5, 0.6) is 0 Å². The molecule has 1 unspecified atom stereocenters. The van der Waals surface area contributed by atoms with Crippen LogP contribution in [0.1, 0.15) is 26.7 Å². The minimum Gasteiger partial charge on any atom is -0.340 e. The van der Waals surface area contributed by atoms with Crippen molar-refractivity contribution >= 4 is 48.4 Å². The summed E-state index contributed by atoms with van der Waals surface area (Å²) < 4.78 is 0. The number of nitrogens with zero attached hydrogens (tertiary/aromatic N) is 3. The molecule has 2 aliphatic heterocycles. The molecule has 26 heavy (non-hydrogen) atoms. The van der Waals surface area contributed by atoms with Crippen LogP contribution in [0.3, 0.4) is 0 Å². The molecule has 1 N–H and O–H groups in total. The Morgan fingerprint density at radius 1 is 1.27 bits per heavy atom. The molecule has 6 nitrogen and oxygen atoms in total. The SMILES string of the molecule is CCN(CC)CCSCC(=O)N1CCCC(N2CCNCC2=O)C1.Cl.Cl. The number of rotatable bonds is 8. The van der Waals surface area contributed by atoms with Gasteiger partial charge in [0, 0.05) is 44.5 Å². The first-order valence-corrected chi connectivity index (χ1v) is 10.4. The van der Waals surface area contributed by atoms with E-state index in [9.17, 15) is 9.59 Å². The average Bonchev–Trinajstić information content (AvgIpc) is 2.62. The Bertz CT molecular complexity index is 428. The molecular formula is C17H34Cl2N4O2S. The lowest BCUT2D eigenvalue weighted by Crippen LogP contribution is -2.57. The summed E-state index contributed by atoms with van der Waals surface area (Å²) in [6, 6.07) is 0.206. The van der Waals surface area contributed by atoms with Gasteiger partial charge >= 0.3 is 0 Å². The molecule has 2 amide bonds.